The molecule has 0 amide bonds. The molecule has 0 saturated carbocycles. The quantitative estimate of drug-likeness (QED) is 0.0567. The molecule has 0 radical (unpaired) electrons. The number of methoxy groups -OCH3 is 2. The van der Waals surface area contributed by atoms with Gasteiger partial charge < -0.3 is 78.4 Å². The van der Waals surface area contributed by atoms with E-state index in [2.05, 4.69) is 0 Å². The van der Waals surface area contributed by atoms with Gasteiger partial charge in [0.05, 0.1) is 20.8 Å². The zero-order valence-corrected chi connectivity index (χ0v) is 33.9. The van der Waals surface area contributed by atoms with Crippen molar-refractivity contribution < 1.29 is 97.6 Å². The number of phenolic OH excluding ortho intramolecular Hbond substituents is 3. The maximum absolute atomic E-state index is 13.7. The van der Waals surface area contributed by atoms with E-state index in [1.54, 1.807) is 0 Å². The van der Waals surface area contributed by atoms with Gasteiger partial charge >= 0.3 is 23.9 Å². The van der Waals surface area contributed by atoms with E-state index in [0.717, 1.165) is 25.2 Å². The van der Waals surface area contributed by atoms with Crippen LogP contribution in [-0.4, -0.2) is 148 Å². The predicted molar refractivity (Wildman–Crippen MR) is 214 cm³/mol. The number of hydrogen-bond acceptors (Lipinski definition) is 20. The molecular weight excluding hydrogens is 836 g/mol. The molecule has 338 valence electrons. The Balaban J connectivity index is 1.52. The summed E-state index contributed by atoms with van der Waals surface area (Å²) in [5.74, 6) is -6.97. The number of esters is 4. The highest BCUT2D eigenvalue weighted by atomic mass is 16.8. The fraction of sp³-hybridized carbons (Fsp3) is 0.349. The van der Waals surface area contributed by atoms with Gasteiger partial charge in [-0.1, -0.05) is 24.3 Å². The number of carbonyl (C=O) groups excluding carboxylic acids is 4. The second-order valence-electron chi connectivity index (χ2n) is 13.9. The second kappa shape index (κ2) is 21.5. The van der Waals surface area contributed by atoms with Crippen LogP contribution in [0.2, 0.25) is 0 Å². The molecule has 0 unspecified atom stereocenters. The van der Waals surface area contributed by atoms with Crippen LogP contribution in [0.3, 0.4) is 0 Å². The fourth-order valence-electron chi connectivity index (χ4n) is 6.33. The van der Waals surface area contributed by atoms with Gasteiger partial charge in [0, 0.05) is 25.2 Å². The Morgan fingerprint density at radius 3 is 1.78 bits per heavy atom. The SMILES string of the molecule is COc1cc(/C=C/C(=O)OC[C@H]2O[C@@](COC(=O)/C=C/c3ccc(O)cc3)(O[C@H]3O[C@H](CO)[C@H](O)[C@H](O)[C@H]3O)[C@@H](OC(=O)/C=C/c3ccc(O)c(OC)c3)[C@@H]2OC(C)=O)ccc1O. The normalized spacial score (nSPS) is 25.8. The van der Waals surface area contributed by atoms with Gasteiger partial charge in [-0.25, -0.2) is 14.4 Å². The number of aromatic hydroxyl groups is 3. The number of carbonyl (C=O) groups is 4. The lowest BCUT2D eigenvalue weighted by atomic mass is 9.99. The van der Waals surface area contributed by atoms with Gasteiger partial charge in [0.25, 0.3) is 0 Å². The first-order valence-corrected chi connectivity index (χ1v) is 19.0. The van der Waals surface area contributed by atoms with E-state index >= 15 is 0 Å². The zero-order valence-electron chi connectivity index (χ0n) is 33.9. The highest BCUT2D eigenvalue weighted by Gasteiger charge is 2.64. The van der Waals surface area contributed by atoms with Gasteiger partial charge in [-0.05, 0) is 71.3 Å². The molecule has 2 aliphatic rings. The summed E-state index contributed by atoms with van der Waals surface area (Å²) in [5.41, 5.74) is 1.24. The Hall–Kier alpha value is -6.52. The first kappa shape index (κ1) is 47.5. The highest BCUT2D eigenvalue weighted by Crippen LogP contribution is 2.41. The minimum Gasteiger partial charge on any atom is -0.508 e. The summed E-state index contributed by atoms with van der Waals surface area (Å²) in [4.78, 5) is 52.6. The third-order valence-corrected chi connectivity index (χ3v) is 9.50. The van der Waals surface area contributed by atoms with E-state index in [-0.39, 0.29) is 28.7 Å². The predicted octanol–water partition coefficient (Wildman–Crippen LogP) is 1.10. The number of aliphatic hydroxyl groups excluding tert-OH is 4. The molecule has 0 aromatic heterocycles. The summed E-state index contributed by atoms with van der Waals surface area (Å²) in [6.07, 6.45) is -8.00. The molecule has 3 aromatic carbocycles. The van der Waals surface area contributed by atoms with Crippen LogP contribution in [0, 0.1) is 0 Å². The molecule has 0 bridgehead atoms. The first-order valence-electron chi connectivity index (χ1n) is 19.0. The molecule has 2 fully saturated rings. The third-order valence-electron chi connectivity index (χ3n) is 9.50. The smallest absolute Gasteiger partial charge is 0.331 e. The highest BCUT2D eigenvalue weighted by molar-refractivity contribution is 5.88. The first-order chi connectivity index (χ1) is 30.1. The van der Waals surface area contributed by atoms with Crippen LogP contribution in [0.25, 0.3) is 18.2 Å². The fourth-order valence-corrected chi connectivity index (χ4v) is 6.33. The topological polar surface area (TPSA) is 293 Å². The van der Waals surface area contributed by atoms with E-state index in [1.807, 2.05) is 0 Å². The Bertz CT molecular complexity index is 2170. The number of phenols is 3. The average Bonchev–Trinajstić information content (AvgIpc) is 3.53. The average molecular weight is 883 g/mol. The van der Waals surface area contributed by atoms with E-state index < -0.39 is 98.5 Å². The van der Waals surface area contributed by atoms with Crippen molar-refractivity contribution in [2.24, 2.45) is 0 Å². The molecule has 63 heavy (non-hydrogen) atoms. The molecule has 3 aromatic rings. The van der Waals surface area contributed by atoms with Crippen molar-refractivity contribution in [2.75, 3.05) is 34.0 Å². The Kier molecular flexibility index (Phi) is 16.2. The van der Waals surface area contributed by atoms with Crippen molar-refractivity contribution in [1.82, 2.24) is 0 Å². The summed E-state index contributed by atoms with van der Waals surface area (Å²) in [6, 6.07) is 14.1. The van der Waals surface area contributed by atoms with Crippen molar-refractivity contribution in [3.63, 3.8) is 0 Å². The summed E-state index contributed by atoms with van der Waals surface area (Å²) in [6.45, 7) is -1.70. The second-order valence-corrected chi connectivity index (χ2v) is 13.9. The largest absolute Gasteiger partial charge is 0.508 e. The van der Waals surface area contributed by atoms with Gasteiger partial charge in [-0.15, -0.1) is 0 Å². The molecule has 20 heteroatoms. The van der Waals surface area contributed by atoms with E-state index in [9.17, 15) is 54.9 Å². The molecule has 2 aliphatic heterocycles. The molecule has 9 atom stereocenters. The number of rotatable bonds is 17. The van der Waals surface area contributed by atoms with Crippen molar-refractivity contribution in [3.05, 3.63) is 95.6 Å². The number of benzene rings is 3. The van der Waals surface area contributed by atoms with Crippen LogP contribution in [0.15, 0.2) is 78.9 Å². The van der Waals surface area contributed by atoms with Gasteiger partial charge in [-0.2, -0.15) is 0 Å². The van der Waals surface area contributed by atoms with Crippen molar-refractivity contribution in [1.29, 1.82) is 0 Å². The number of ether oxygens (including phenoxy) is 9. The van der Waals surface area contributed by atoms with E-state index in [1.165, 1.54) is 93.1 Å². The van der Waals surface area contributed by atoms with Gasteiger partial charge in [-0.3, -0.25) is 4.79 Å². The molecule has 5 rings (SSSR count). The molecule has 0 spiro atoms. The Morgan fingerprint density at radius 2 is 1.22 bits per heavy atom. The van der Waals surface area contributed by atoms with Crippen molar-refractivity contribution in [2.45, 2.75) is 61.7 Å². The molecule has 0 aliphatic carbocycles. The molecule has 2 heterocycles. The number of hydrogen-bond donors (Lipinski definition) is 7. The third kappa shape index (κ3) is 12.3. The maximum Gasteiger partial charge on any atom is 0.331 e. The molecule has 7 N–H and O–H groups in total. The lowest BCUT2D eigenvalue weighted by Gasteiger charge is -2.43. The van der Waals surface area contributed by atoms with Crippen molar-refractivity contribution >= 4 is 42.1 Å². The zero-order chi connectivity index (χ0) is 45.8. The van der Waals surface area contributed by atoms with E-state index in [0.29, 0.717) is 16.7 Å². The van der Waals surface area contributed by atoms with Gasteiger partial charge in [0.1, 0.15) is 49.5 Å². The Labute approximate surface area is 359 Å². The monoisotopic (exact) mass is 882 g/mol. The van der Waals surface area contributed by atoms with Crippen LogP contribution < -0.4 is 9.47 Å². The molecule has 2 saturated heterocycles. The van der Waals surface area contributed by atoms with Crippen LogP contribution >= 0.6 is 0 Å². The Morgan fingerprint density at radius 1 is 0.683 bits per heavy atom. The van der Waals surface area contributed by atoms with Crippen LogP contribution in [0.1, 0.15) is 23.6 Å². The molecule has 20 nitrogen and oxygen atoms in total. The van der Waals surface area contributed by atoms with Crippen LogP contribution in [0.4, 0.5) is 0 Å². The summed E-state index contributed by atoms with van der Waals surface area (Å²) < 4.78 is 50.4. The van der Waals surface area contributed by atoms with Crippen LogP contribution in [-0.2, 0) is 52.3 Å². The lowest BCUT2D eigenvalue weighted by molar-refractivity contribution is -0.383. The van der Waals surface area contributed by atoms with Crippen LogP contribution in [0.5, 0.6) is 28.7 Å². The standard InChI is InChI=1S/C43H46O20/c1-23(45)59-40-33(21-57-34(49)16-9-25-6-13-28(47)30(18-25)55-2)62-43(63-42-39(54)38(53)37(52)32(20-44)60-42,22-58-35(50)15-8-24-4-11-27(46)12-5-24)41(40)61-36(51)17-10-26-7-14-29(48)31(19-26)56-3/h4-19,32-33,37-42,44,46-48,52-54H,20-22H2,1-3H3/b15-8+,16-9+,17-10+/t32-,33-,37+,38+,39-,40-,41+,42-,43+/m1/s1. The van der Waals surface area contributed by atoms with E-state index in [4.69, 9.17) is 42.6 Å². The summed E-state index contributed by atoms with van der Waals surface area (Å²) in [7, 11) is 2.65. The van der Waals surface area contributed by atoms with Crippen molar-refractivity contribution in [3.8, 4) is 28.7 Å². The minimum atomic E-state index is -2.67. The van der Waals surface area contributed by atoms with Gasteiger partial charge in [0.2, 0.25) is 5.79 Å². The minimum absolute atomic E-state index is 0.0322. The summed E-state index contributed by atoms with van der Waals surface area (Å²) in [5, 5.41) is 71.6. The lowest BCUT2D eigenvalue weighted by Crippen LogP contribution is -2.63. The van der Waals surface area contributed by atoms with Gasteiger partial charge in [0.15, 0.2) is 41.5 Å². The summed E-state index contributed by atoms with van der Waals surface area (Å²) >= 11 is 0. The molecular formula is C43H46O20. The maximum atomic E-state index is 13.7. The number of aliphatic hydroxyl groups is 4.